The average molecular weight is 518 g/mol. The molecule has 0 bridgehead atoms. The van der Waals surface area contributed by atoms with Crippen LogP contribution in [0.4, 0.5) is 5.82 Å². The van der Waals surface area contributed by atoms with Crippen molar-refractivity contribution in [2.45, 2.75) is 45.3 Å². The van der Waals surface area contributed by atoms with E-state index in [-0.39, 0.29) is 45.4 Å². The number of fused-ring (bicyclic) bond motifs is 1. The number of Topliss-reactive ketones (excluding diaryl/α,β-unsaturated/α-hetero) is 2. The van der Waals surface area contributed by atoms with Gasteiger partial charge in [-0.05, 0) is 58.9 Å². The van der Waals surface area contributed by atoms with Crippen LogP contribution in [-0.2, 0) is 9.31 Å². The van der Waals surface area contributed by atoms with Crippen molar-refractivity contribution in [1.29, 1.82) is 0 Å². The number of piperazine rings is 1. The Bertz CT molecular complexity index is 1240. The number of hydrogen-bond donors (Lipinski definition) is 2. The van der Waals surface area contributed by atoms with E-state index < -0.39 is 7.12 Å². The second-order valence-corrected chi connectivity index (χ2v) is 11.0. The number of carbonyl (C=O) groups is 2. The summed E-state index contributed by atoms with van der Waals surface area (Å²) in [6.45, 7) is 13.2. The number of nitrogens with two attached hydrogens (primary N) is 1. The molecule has 5 rings (SSSR count). The Kier molecular flexibility index (Phi) is 7.02. The highest BCUT2D eigenvalue weighted by Crippen LogP contribution is 2.36. The molecule has 0 radical (unpaired) electrons. The molecule has 11 heteroatoms. The van der Waals surface area contributed by atoms with Crippen molar-refractivity contribution in [3.8, 4) is 0 Å². The maximum absolute atomic E-state index is 12.7. The summed E-state index contributed by atoms with van der Waals surface area (Å²) < 4.78 is 12.3. The Morgan fingerprint density at radius 1 is 1.00 bits per heavy atom. The zero-order valence-corrected chi connectivity index (χ0v) is 22.5. The molecule has 2 saturated heterocycles. The first kappa shape index (κ1) is 26.3. The molecule has 3 aliphatic rings. The number of nitrogens with zero attached hydrogens (tertiary/aromatic N) is 4. The number of ketones is 2. The van der Waals surface area contributed by atoms with Gasteiger partial charge in [-0.25, -0.2) is 4.98 Å². The molecular formula is C27H35BN6O4. The molecule has 2 fully saturated rings. The highest BCUT2D eigenvalue weighted by molar-refractivity contribution is 6.62. The second kappa shape index (κ2) is 10.1. The van der Waals surface area contributed by atoms with E-state index in [4.69, 9.17) is 15.0 Å². The number of aromatic nitrogens is 2. The third-order valence-corrected chi connectivity index (χ3v) is 7.95. The van der Waals surface area contributed by atoms with Gasteiger partial charge in [-0.1, -0.05) is 6.07 Å². The summed E-state index contributed by atoms with van der Waals surface area (Å²) in [5.74, 6) is 0.260. The Morgan fingerprint density at radius 3 is 2.37 bits per heavy atom. The number of nitrogens with one attached hydrogen (secondary N) is 1. The molecule has 0 saturated carbocycles. The van der Waals surface area contributed by atoms with E-state index in [1.165, 1.54) is 6.20 Å². The van der Waals surface area contributed by atoms with Gasteiger partial charge in [0.15, 0.2) is 0 Å². The number of pyridine rings is 2. The number of rotatable bonds is 7. The zero-order chi connectivity index (χ0) is 27.1. The predicted octanol–water partition coefficient (Wildman–Crippen LogP) is 1.13. The Balaban J connectivity index is 1.07. The average Bonchev–Trinajstić information content (AvgIpc) is 3.13. The maximum Gasteiger partial charge on any atom is 0.496 e. The molecule has 0 amide bonds. The molecule has 1 aliphatic carbocycles. The van der Waals surface area contributed by atoms with Crippen LogP contribution in [0, 0.1) is 0 Å². The first-order chi connectivity index (χ1) is 18.1. The van der Waals surface area contributed by atoms with Gasteiger partial charge in [-0.3, -0.25) is 19.5 Å². The third-order valence-electron chi connectivity index (χ3n) is 7.95. The molecular weight excluding hydrogens is 483 g/mol. The maximum atomic E-state index is 12.7. The molecule has 2 aromatic heterocycles. The van der Waals surface area contributed by atoms with Crippen molar-refractivity contribution < 1.29 is 18.9 Å². The lowest BCUT2D eigenvalue weighted by Gasteiger charge is -2.35. The standard InChI is InChI=1S/C27H35BN6O4/c1-26(2)27(3,4)38-28(37-26)18-8-9-20(32-17-18)34-15-13-33(14-16-34)12-6-11-31-23-21(29)24(35)19-7-5-10-30-22(19)25(23)36/h5,7-10,17,31H,6,11-16,29H2,1-4H3. The van der Waals surface area contributed by atoms with Gasteiger partial charge < -0.3 is 25.3 Å². The lowest BCUT2D eigenvalue weighted by atomic mass is 9.80. The van der Waals surface area contributed by atoms with Crippen molar-refractivity contribution >= 4 is 30.0 Å². The van der Waals surface area contributed by atoms with Gasteiger partial charge in [-0.15, -0.1) is 0 Å². The summed E-state index contributed by atoms with van der Waals surface area (Å²) in [5.41, 5.74) is 6.67. The van der Waals surface area contributed by atoms with E-state index in [2.05, 4.69) is 25.1 Å². The summed E-state index contributed by atoms with van der Waals surface area (Å²) in [4.78, 5) is 38.7. The molecule has 2 aliphatic heterocycles. The minimum absolute atomic E-state index is 0.0406. The van der Waals surface area contributed by atoms with Gasteiger partial charge in [0.05, 0.1) is 16.8 Å². The molecule has 200 valence electrons. The number of hydrogen-bond acceptors (Lipinski definition) is 10. The first-order valence-electron chi connectivity index (χ1n) is 13.1. The molecule has 0 atom stereocenters. The normalized spacial score (nSPS) is 21.2. The van der Waals surface area contributed by atoms with Crippen LogP contribution in [-0.4, -0.2) is 84.0 Å². The SMILES string of the molecule is CC1(C)OB(c2ccc(N3CCN(CCCNC4=C(N)C(=O)c5cccnc5C4=O)CC3)nc2)OC1(C)C. The van der Waals surface area contributed by atoms with Crippen LogP contribution in [0.25, 0.3) is 0 Å². The largest absolute Gasteiger partial charge is 0.496 e. The second-order valence-electron chi connectivity index (χ2n) is 11.0. The highest BCUT2D eigenvalue weighted by Gasteiger charge is 2.51. The Hall–Kier alpha value is -3.28. The Labute approximate surface area is 223 Å². The minimum Gasteiger partial charge on any atom is -0.399 e. The predicted molar refractivity (Wildman–Crippen MR) is 145 cm³/mol. The summed E-state index contributed by atoms with van der Waals surface area (Å²) >= 11 is 0. The van der Waals surface area contributed by atoms with E-state index in [9.17, 15) is 9.59 Å². The van der Waals surface area contributed by atoms with Gasteiger partial charge in [0, 0.05) is 50.6 Å². The van der Waals surface area contributed by atoms with Crippen molar-refractivity contribution in [3.63, 3.8) is 0 Å². The van der Waals surface area contributed by atoms with Crippen LogP contribution in [0.15, 0.2) is 48.1 Å². The zero-order valence-electron chi connectivity index (χ0n) is 22.5. The van der Waals surface area contributed by atoms with Gasteiger partial charge in [-0.2, -0.15) is 0 Å². The fourth-order valence-electron chi connectivity index (χ4n) is 4.86. The summed E-state index contributed by atoms with van der Waals surface area (Å²) in [6.07, 6.45) is 4.17. The molecule has 3 N–H and O–H groups in total. The van der Waals surface area contributed by atoms with E-state index in [1.807, 2.05) is 46.0 Å². The topological polar surface area (TPSA) is 123 Å². The first-order valence-corrected chi connectivity index (χ1v) is 13.1. The molecule has 10 nitrogen and oxygen atoms in total. The molecule has 0 aromatic carbocycles. The van der Waals surface area contributed by atoms with E-state index >= 15 is 0 Å². The molecule has 2 aromatic rings. The monoisotopic (exact) mass is 518 g/mol. The van der Waals surface area contributed by atoms with Crippen LogP contribution in [0.2, 0.25) is 0 Å². The van der Waals surface area contributed by atoms with Gasteiger partial charge >= 0.3 is 7.12 Å². The molecule has 4 heterocycles. The van der Waals surface area contributed by atoms with E-state index in [0.29, 0.717) is 6.54 Å². The van der Waals surface area contributed by atoms with Crippen molar-refractivity contribution in [3.05, 3.63) is 59.3 Å². The summed E-state index contributed by atoms with van der Waals surface area (Å²) in [6, 6.07) is 7.28. The van der Waals surface area contributed by atoms with Gasteiger partial charge in [0.2, 0.25) is 11.6 Å². The van der Waals surface area contributed by atoms with Crippen LogP contribution < -0.4 is 21.4 Å². The van der Waals surface area contributed by atoms with E-state index in [1.54, 1.807) is 12.1 Å². The lowest BCUT2D eigenvalue weighted by molar-refractivity contribution is 0.00578. The quantitative estimate of drug-likeness (QED) is 0.407. The van der Waals surface area contributed by atoms with Crippen molar-refractivity contribution in [2.75, 3.05) is 44.2 Å². The summed E-state index contributed by atoms with van der Waals surface area (Å²) in [5, 5.41) is 3.08. The third kappa shape index (κ3) is 4.93. The van der Waals surface area contributed by atoms with E-state index in [0.717, 1.165) is 50.4 Å². The number of anilines is 1. The fraction of sp³-hybridized carbons (Fsp3) is 0.481. The van der Waals surface area contributed by atoms with Crippen LogP contribution in [0.1, 0.15) is 55.0 Å². The number of carbonyl (C=O) groups excluding carboxylic acids is 2. The fourth-order valence-corrected chi connectivity index (χ4v) is 4.86. The smallest absolute Gasteiger partial charge is 0.399 e. The van der Waals surface area contributed by atoms with Crippen molar-refractivity contribution in [1.82, 2.24) is 20.2 Å². The van der Waals surface area contributed by atoms with Crippen LogP contribution in [0.5, 0.6) is 0 Å². The van der Waals surface area contributed by atoms with Gasteiger partial charge in [0.1, 0.15) is 22.9 Å². The van der Waals surface area contributed by atoms with Crippen LogP contribution >= 0.6 is 0 Å². The van der Waals surface area contributed by atoms with Gasteiger partial charge in [0.25, 0.3) is 0 Å². The summed E-state index contributed by atoms with van der Waals surface area (Å²) in [7, 11) is -0.411. The lowest BCUT2D eigenvalue weighted by Crippen LogP contribution is -2.47. The minimum atomic E-state index is -0.411. The number of allylic oxidation sites excluding steroid dienone is 2. The molecule has 38 heavy (non-hydrogen) atoms. The van der Waals surface area contributed by atoms with Crippen molar-refractivity contribution in [2.24, 2.45) is 5.73 Å². The molecule has 0 unspecified atom stereocenters. The van der Waals surface area contributed by atoms with Crippen LogP contribution in [0.3, 0.4) is 0 Å². The Morgan fingerprint density at radius 2 is 1.71 bits per heavy atom. The molecule has 0 spiro atoms. The highest BCUT2D eigenvalue weighted by atomic mass is 16.7.